The van der Waals surface area contributed by atoms with Crippen LogP contribution in [0.5, 0.6) is 0 Å². The van der Waals surface area contributed by atoms with Crippen molar-refractivity contribution in [2.45, 2.75) is 31.3 Å². The van der Waals surface area contributed by atoms with E-state index in [1.54, 1.807) is 0 Å². The van der Waals surface area contributed by atoms with Crippen LogP contribution < -0.4 is 5.73 Å². The van der Waals surface area contributed by atoms with Crippen LogP contribution in [0.15, 0.2) is 10.3 Å². The molecule has 0 radical (unpaired) electrons. The first-order valence-electron chi connectivity index (χ1n) is 5.85. The molecule has 1 atom stereocenters. The fourth-order valence-electron chi connectivity index (χ4n) is 2.16. The van der Waals surface area contributed by atoms with Gasteiger partial charge in [-0.2, -0.15) is 4.31 Å². The summed E-state index contributed by atoms with van der Waals surface area (Å²) < 4.78 is 32.2. The van der Waals surface area contributed by atoms with Crippen molar-refractivity contribution in [1.29, 1.82) is 0 Å². The number of sulfonamides is 1. The molecular weight excluding hydrogens is 272 g/mol. The van der Waals surface area contributed by atoms with Crippen LogP contribution in [0.2, 0.25) is 0 Å². The Morgan fingerprint density at radius 2 is 2.33 bits per heavy atom. The number of nitrogens with zero attached hydrogens (tertiary/aromatic N) is 1. The number of nitrogens with two attached hydrogens (primary N) is 1. The van der Waals surface area contributed by atoms with Crippen LogP contribution in [0.4, 0.5) is 0 Å². The maximum Gasteiger partial charge on any atom is 0.244 e. The summed E-state index contributed by atoms with van der Waals surface area (Å²) in [4.78, 5) is 1.12. The molecular formula is C11H18N2O3S2. The lowest BCUT2D eigenvalue weighted by Gasteiger charge is -2.32. The van der Waals surface area contributed by atoms with Gasteiger partial charge in [-0.15, -0.1) is 11.3 Å². The molecule has 0 saturated carbocycles. The van der Waals surface area contributed by atoms with E-state index in [0.29, 0.717) is 24.7 Å². The van der Waals surface area contributed by atoms with Crippen molar-refractivity contribution in [3.05, 3.63) is 15.8 Å². The summed E-state index contributed by atoms with van der Waals surface area (Å²) in [5, 5.41) is 1.85. The summed E-state index contributed by atoms with van der Waals surface area (Å²) in [6.07, 6.45) is 0. The maximum absolute atomic E-state index is 12.7. The number of morpholine rings is 1. The highest BCUT2D eigenvalue weighted by Crippen LogP contribution is 2.30. The van der Waals surface area contributed by atoms with E-state index in [1.807, 2.05) is 19.2 Å². The zero-order valence-corrected chi connectivity index (χ0v) is 12.2. The summed E-state index contributed by atoms with van der Waals surface area (Å²) in [5.74, 6) is 0. The summed E-state index contributed by atoms with van der Waals surface area (Å²) >= 11 is 1.41. The van der Waals surface area contributed by atoms with Crippen LogP contribution in [-0.2, 0) is 21.3 Å². The summed E-state index contributed by atoms with van der Waals surface area (Å²) in [6.45, 7) is 5.23. The van der Waals surface area contributed by atoms with Gasteiger partial charge in [0.2, 0.25) is 10.0 Å². The Balaban J connectivity index is 2.44. The zero-order valence-electron chi connectivity index (χ0n) is 10.5. The normalized spacial score (nSPS) is 22.3. The Bertz CT molecular complexity index is 524. The van der Waals surface area contributed by atoms with E-state index in [2.05, 4.69) is 0 Å². The molecule has 2 N–H and O–H groups in total. The maximum atomic E-state index is 12.7. The topological polar surface area (TPSA) is 72.6 Å². The lowest BCUT2D eigenvalue weighted by atomic mass is 10.3. The largest absolute Gasteiger partial charge is 0.378 e. The molecule has 1 unspecified atom stereocenters. The number of hydrogen-bond donors (Lipinski definition) is 1. The van der Waals surface area contributed by atoms with E-state index in [9.17, 15) is 8.42 Å². The molecule has 5 nitrogen and oxygen atoms in total. The molecule has 0 spiro atoms. The van der Waals surface area contributed by atoms with Gasteiger partial charge in [0.05, 0.1) is 13.2 Å². The van der Waals surface area contributed by atoms with Gasteiger partial charge in [-0.1, -0.05) is 0 Å². The Kier molecular flexibility index (Phi) is 4.08. The first kappa shape index (κ1) is 14.0. The minimum atomic E-state index is -3.46. The molecule has 2 rings (SSSR count). The first-order chi connectivity index (χ1) is 8.48. The molecule has 1 aromatic rings. The van der Waals surface area contributed by atoms with E-state index < -0.39 is 10.0 Å². The minimum Gasteiger partial charge on any atom is -0.378 e. The van der Waals surface area contributed by atoms with Gasteiger partial charge in [0, 0.05) is 24.0 Å². The molecule has 1 saturated heterocycles. The second-order valence-corrected chi connectivity index (χ2v) is 7.21. The van der Waals surface area contributed by atoms with E-state index in [1.165, 1.54) is 15.6 Å². The van der Waals surface area contributed by atoms with E-state index in [-0.39, 0.29) is 12.6 Å². The Labute approximate surface area is 112 Å². The Morgan fingerprint density at radius 1 is 1.61 bits per heavy atom. The van der Waals surface area contributed by atoms with Crippen LogP contribution in [0.25, 0.3) is 0 Å². The van der Waals surface area contributed by atoms with Crippen molar-refractivity contribution in [2.24, 2.45) is 5.73 Å². The molecule has 1 fully saturated rings. The molecule has 0 aliphatic carbocycles. The summed E-state index contributed by atoms with van der Waals surface area (Å²) in [5.41, 5.74) is 6.40. The van der Waals surface area contributed by atoms with Crippen LogP contribution in [0.1, 0.15) is 17.4 Å². The van der Waals surface area contributed by atoms with Gasteiger partial charge in [0.1, 0.15) is 4.90 Å². The highest BCUT2D eigenvalue weighted by molar-refractivity contribution is 7.89. The lowest BCUT2D eigenvalue weighted by Crippen LogP contribution is -2.47. The predicted molar refractivity (Wildman–Crippen MR) is 71.1 cm³/mol. The average Bonchev–Trinajstić information content (AvgIpc) is 2.71. The molecule has 7 heteroatoms. The molecule has 2 heterocycles. The standard InChI is InChI=1S/C11H18N2O3S2/c1-8-7-17-10(5-12)11(8)18(14,15)13-3-4-16-6-9(13)2/h7,9H,3-6,12H2,1-2H3. The van der Waals surface area contributed by atoms with Gasteiger partial charge < -0.3 is 10.5 Å². The van der Waals surface area contributed by atoms with Crippen LogP contribution >= 0.6 is 11.3 Å². The van der Waals surface area contributed by atoms with Crippen molar-refractivity contribution < 1.29 is 13.2 Å². The molecule has 0 aromatic carbocycles. The predicted octanol–water partition coefficient (Wildman–Crippen LogP) is 0.925. The number of ether oxygens (including phenoxy) is 1. The van der Waals surface area contributed by atoms with Gasteiger partial charge >= 0.3 is 0 Å². The number of rotatable bonds is 3. The van der Waals surface area contributed by atoms with Crippen LogP contribution in [0.3, 0.4) is 0 Å². The quantitative estimate of drug-likeness (QED) is 0.898. The lowest BCUT2D eigenvalue weighted by molar-refractivity contribution is 0.0392. The molecule has 1 aliphatic heterocycles. The van der Waals surface area contributed by atoms with Gasteiger partial charge in [-0.25, -0.2) is 8.42 Å². The SMILES string of the molecule is Cc1csc(CN)c1S(=O)(=O)N1CCOCC1C. The number of thiophene rings is 1. The Hall–Kier alpha value is -0.470. The second-order valence-electron chi connectivity index (χ2n) is 4.41. The second kappa shape index (κ2) is 5.26. The van der Waals surface area contributed by atoms with Crippen molar-refractivity contribution >= 4 is 21.4 Å². The molecule has 102 valence electrons. The van der Waals surface area contributed by atoms with E-state index in [0.717, 1.165) is 10.4 Å². The monoisotopic (exact) mass is 290 g/mol. The highest BCUT2D eigenvalue weighted by atomic mass is 32.2. The number of hydrogen-bond acceptors (Lipinski definition) is 5. The van der Waals surface area contributed by atoms with Gasteiger partial charge in [0.15, 0.2) is 0 Å². The zero-order chi connectivity index (χ0) is 13.3. The molecule has 1 aliphatic rings. The Morgan fingerprint density at radius 3 is 2.94 bits per heavy atom. The van der Waals surface area contributed by atoms with E-state index in [4.69, 9.17) is 10.5 Å². The number of aryl methyl sites for hydroxylation is 1. The first-order valence-corrected chi connectivity index (χ1v) is 8.17. The smallest absolute Gasteiger partial charge is 0.244 e. The molecule has 0 bridgehead atoms. The van der Waals surface area contributed by atoms with E-state index >= 15 is 0 Å². The van der Waals surface area contributed by atoms with Crippen molar-refractivity contribution in [3.8, 4) is 0 Å². The van der Waals surface area contributed by atoms with Crippen molar-refractivity contribution in [2.75, 3.05) is 19.8 Å². The summed E-state index contributed by atoms with van der Waals surface area (Å²) in [7, 11) is -3.46. The highest BCUT2D eigenvalue weighted by Gasteiger charge is 2.34. The molecule has 18 heavy (non-hydrogen) atoms. The van der Waals surface area contributed by atoms with Gasteiger partial charge in [-0.3, -0.25) is 0 Å². The average molecular weight is 290 g/mol. The summed E-state index contributed by atoms with van der Waals surface area (Å²) in [6, 6.07) is -0.131. The third kappa shape index (κ3) is 2.33. The minimum absolute atomic E-state index is 0.131. The van der Waals surface area contributed by atoms with Crippen molar-refractivity contribution in [3.63, 3.8) is 0 Å². The van der Waals surface area contributed by atoms with Crippen LogP contribution in [0, 0.1) is 6.92 Å². The fraction of sp³-hybridized carbons (Fsp3) is 0.636. The third-order valence-electron chi connectivity index (χ3n) is 3.05. The molecule has 0 amide bonds. The third-order valence-corrected chi connectivity index (χ3v) is 6.55. The molecule has 1 aromatic heterocycles. The van der Waals surface area contributed by atoms with Crippen molar-refractivity contribution in [1.82, 2.24) is 4.31 Å². The van der Waals surface area contributed by atoms with Gasteiger partial charge in [-0.05, 0) is 24.8 Å². The van der Waals surface area contributed by atoms with Gasteiger partial charge in [0.25, 0.3) is 0 Å². The van der Waals surface area contributed by atoms with Crippen LogP contribution in [-0.4, -0.2) is 38.5 Å². The fourth-order valence-corrected chi connectivity index (χ4v) is 5.42.